The topological polar surface area (TPSA) is 179 Å². The quantitative estimate of drug-likeness (QED) is 0.204. The lowest BCUT2D eigenvalue weighted by Gasteiger charge is -2.43. The number of ether oxygens (including phenoxy) is 4. The van der Waals surface area contributed by atoms with Crippen LogP contribution in [0, 0.1) is 5.41 Å². The first-order valence-electron chi connectivity index (χ1n) is 11.4. The van der Waals surface area contributed by atoms with E-state index < -0.39 is 68.0 Å². The Hall–Kier alpha value is -0.700. The Morgan fingerprint density at radius 2 is 1.36 bits per heavy atom. The molecule has 2 heterocycles. The van der Waals surface area contributed by atoms with Gasteiger partial charge in [0.05, 0.1) is 19.8 Å². The van der Waals surface area contributed by atoms with Gasteiger partial charge in [-0.2, -0.15) is 0 Å². The molecule has 11 nitrogen and oxygen atoms in total. The first-order valence-corrected chi connectivity index (χ1v) is 11.4. The van der Waals surface area contributed by atoms with Crippen LogP contribution in [0.25, 0.3) is 0 Å². The zero-order valence-corrected chi connectivity index (χ0v) is 19.3. The minimum Gasteiger partial charge on any atom is -0.394 e. The maximum atomic E-state index is 10.4. The lowest BCUT2D eigenvalue weighted by molar-refractivity contribution is -0.330. The maximum Gasteiger partial charge on any atom is 0.187 e. The third-order valence-electron chi connectivity index (χ3n) is 7.02. The van der Waals surface area contributed by atoms with Crippen molar-refractivity contribution < 1.29 is 54.7 Å². The summed E-state index contributed by atoms with van der Waals surface area (Å²) in [4.78, 5) is 0. The second-order valence-corrected chi connectivity index (χ2v) is 9.85. The van der Waals surface area contributed by atoms with Gasteiger partial charge in [0.25, 0.3) is 0 Å². The van der Waals surface area contributed by atoms with Crippen molar-refractivity contribution in [2.24, 2.45) is 5.41 Å². The molecule has 1 aliphatic carbocycles. The highest BCUT2D eigenvalue weighted by Gasteiger charge is 2.47. The third kappa shape index (κ3) is 5.76. The number of allylic oxidation sites excluding steroid dienone is 1. The van der Waals surface area contributed by atoms with E-state index in [1.54, 1.807) is 0 Å². The molecule has 11 heteroatoms. The predicted molar refractivity (Wildman–Crippen MR) is 113 cm³/mol. The van der Waals surface area contributed by atoms with Crippen molar-refractivity contribution in [3.8, 4) is 0 Å². The van der Waals surface area contributed by atoms with E-state index in [2.05, 4.69) is 13.8 Å². The Balaban J connectivity index is 1.62. The monoisotopic (exact) mass is 478 g/mol. The fourth-order valence-corrected chi connectivity index (χ4v) is 4.75. The van der Waals surface area contributed by atoms with E-state index in [-0.39, 0.29) is 18.6 Å². The molecule has 2 fully saturated rings. The summed E-state index contributed by atoms with van der Waals surface area (Å²) < 4.78 is 22.2. The summed E-state index contributed by atoms with van der Waals surface area (Å²) >= 11 is 0. The highest BCUT2D eigenvalue weighted by atomic mass is 16.7. The molecule has 0 aromatic carbocycles. The van der Waals surface area contributed by atoms with Crippen molar-refractivity contribution in [2.75, 3.05) is 19.8 Å². The van der Waals surface area contributed by atoms with Gasteiger partial charge in [0.15, 0.2) is 12.6 Å². The Morgan fingerprint density at radius 1 is 0.818 bits per heavy atom. The fourth-order valence-electron chi connectivity index (χ4n) is 4.75. The molecule has 192 valence electrons. The van der Waals surface area contributed by atoms with Gasteiger partial charge in [-0.15, -0.1) is 0 Å². The number of aliphatic hydroxyl groups is 7. The number of aliphatic hydroxyl groups excluding tert-OH is 7. The molecule has 0 radical (unpaired) electrons. The van der Waals surface area contributed by atoms with Crippen molar-refractivity contribution in [2.45, 2.75) is 101 Å². The number of hydrogen-bond donors (Lipinski definition) is 7. The fraction of sp³-hybridized carbons (Fsp3) is 0.909. The van der Waals surface area contributed by atoms with E-state index >= 15 is 0 Å². The molecule has 0 spiro atoms. The lowest BCUT2D eigenvalue weighted by atomic mass is 9.73. The normalized spacial score (nSPS) is 44.2. The molecule has 0 amide bonds. The molecule has 2 aliphatic heterocycles. The summed E-state index contributed by atoms with van der Waals surface area (Å²) in [5, 5.41) is 70.2. The summed E-state index contributed by atoms with van der Waals surface area (Å²) in [6, 6.07) is 0. The van der Waals surface area contributed by atoms with Crippen molar-refractivity contribution in [3.05, 3.63) is 11.1 Å². The molecule has 33 heavy (non-hydrogen) atoms. The Bertz CT molecular complexity index is 681. The van der Waals surface area contributed by atoms with Crippen LogP contribution < -0.4 is 0 Å². The standard InChI is InChI=1S/C22H38O11/c1-10-5-4-6-22(2,3)11(10)8-30-20-19(29)17(27)15(25)13(33-20)9-31-21-18(28)16(26)14(24)12(7-23)32-21/h12-21,23-29H,4-9H2,1-3H3/t12-,13-,14-,15-,16+,17+,18-,19-,20-,21-/m1/s1. The SMILES string of the molecule is CC1=C(CO[C@@H]2O[C@H](CO[C@@H]3O[C@H](CO)[C@@H](O)[C@H](O)[C@H]3O)[C@@H](O)[C@H](O)[C@H]2O)C(C)(C)CCC1. The minimum absolute atomic E-state index is 0.0638. The van der Waals surface area contributed by atoms with Crippen molar-refractivity contribution in [3.63, 3.8) is 0 Å². The number of rotatable bonds is 7. The maximum absolute atomic E-state index is 10.4. The molecule has 2 saturated heterocycles. The molecule has 0 bridgehead atoms. The number of hydrogen-bond acceptors (Lipinski definition) is 11. The van der Waals surface area contributed by atoms with Crippen LogP contribution in [0.3, 0.4) is 0 Å². The molecular weight excluding hydrogens is 440 g/mol. The molecule has 7 N–H and O–H groups in total. The highest BCUT2D eigenvalue weighted by Crippen LogP contribution is 2.40. The van der Waals surface area contributed by atoms with Gasteiger partial charge < -0.3 is 54.7 Å². The first-order chi connectivity index (χ1) is 15.5. The van der Waals surface area contributed by atoms with E-state index in [1.165, 1.54) is 5.57 Å². The molecular formula is C22H38O11. The molecule has 0 saturated carbocycles. The van der Waals surface area contributed by atoms with Crippen LogP contribution in [0.1, 0.15) is 40.0 Å². The Morgan fingerprint density at radius 3 is 1.94 bits per heavy atom. The van der Waals surface area contributed by atoms with Crippen LogP contribution in [-0.4, -0.2) is 117 Å². The van der Waals surface area contributed by atoms with Crippen molar-refractivity contribution >= 4 is 0 Å². The summed E-state index contributed by atoms with van der Waals surface area (Å²) in [5.41, 5.74) is 2.27. The van der Waals surface area contributed by atoms with Crippen molar-refractivity contribution in [1.82, 2.24) is 0 Å². The van der Waals surface area contributed by atoms with E-state index in [4.69, 9.17) is 18.9 Å². The Labute approximate surface area is 193 Å². The highest BCUT2D eigenvalue weighted by molar-refractivity contribution is 5.22. The van der Waals surface area contributed by atoms with Crippen LogP contribution in [0.15, 0.2) is 11.1 Å². The van der Waals surface area contributed by atoms with Crippen LogP contribution in [0.4, 0.5) is 0 Å². The zero-order chi connectivity index (χ0) is 24.5. The van der Waals surface area contributed by atoms with Gasteiger partial charge in [-0.05, 0) is 37.2 Å². The van der Waals surface area contributed by atoms with Gasteiger partial charge in [0.2, 0.25) is 0 Å². The third-order valence-corrected chi connectivity index (χ3v) is 7.02. The molecule has 0 aromatic rings. The van der Waals surface area contributed by atoms with Crippen LogP contribution >= 0.6 is 0 Å². The van der Waals surface area contributed by atoms with Gasteiger partial charge in [-0.1, -0.05) is 19.4 Å². The summed E-state index contributed by atoms with van der Waals surface area (Å²) in [6.07, 6.45) is -11.2. The molecule has 0 unspecified atom stereocenters. The smallest absolute Gasteiger partial charge is 0.187 e. The zero-order valence-electron chi connectivity index (χ0n) is 19.3. The minimum atomic E-state index is -1.62. The van der Waals surface area contributed by atoms with Crippen molar-refractivity contribution in [1.29, 1.82) is 0 Å². The molecule has 3 rings (SSSR count). The first kappa shape index (κ1) is 26.9. The van der Waals surface area contributed by atoms with Gasteiger partial charge in [-0.3, -0.25) is 0 Å². The summed E-state index contributed by atoms with van der Waals surface area (Å²) in [5.74, 6) is 0. The van der Waals surface area contributed by atoms with Crippen LogP contribution in [0.2, 0.25) is 0 Å². The van der Waals surface area contributed by atoms with Gasteiger partial charge >= 0.3 is 0 Å². The average molecular weight is 479 g/mol. The Kier molecular flexibility index (Phi) is 8.90. The predicted octanol–water partition coefficient (Wildman–Crippen LogP) is -1.85. The largest absolute Gasteiger partial charge is 0.394 e. The van der Waals surface area contributed by atoms with Crippen LogP contribution in [-0.2, 0) is 18.9 Å². The average Bonchev–Trinajstić information content (AvgIpc) is 2.77. The van der Waals surface area contributed by atoms with E-state index in [0.29, 0.717) is 0 Å². The summed E-state index contributed by atoms with van der Waals surface area (Å²) in [6.45, 7) is 5.50. The van der Waals surface area contributed by atoms with E-state index in [1.807, 2.05) is 6.92 Å². The molecule has 0 aromatic heterocycles. The second-order valence-electron chi connectivity index (χ2n) is 9.85. The van der Waals surface area contributed by atoms with E-state index in [0.717, 1.165) is 24.8 Å². The van der Waals surface area contributed by atoms with Gasteiger partial charge in [0, 0.05) is 0 Å². The van der Waals surface area contributed by atoms with Gasteiger partial charge in [0.1, 0.15) is 48.8 Å². The summed E-state index contributed by atoms with van der Waals surface area (Å²) in [7, 11) is 0. The molecule has 3 aliphatic rings. The van der Waals surface area contributed by atoms with E-state index in [9.17, 15) is 35.7 Å². The van der Waals surface area contributed by atoms with Crippen LogP contribution in [0.5, 0.6) is 0 Å². The lowest BCUT2D eigenvalue weighted by Crippen LogP contribution is -2.61. The second kappa shape index (κ2) is 10.9. The van der Waals surface area contributed by atoms with Gasteiger partial charge in [-0.25, -0.2) is 0 Å². The molecule has 10 atom stereocenters.